The molecule has 128 valence electrons. The van der Waals surface area contributed by atoms with E-state index in [0.717, 1.165) is 31.8 Å². The van der Waals surface area contributed by atoms with Crippen molar-refractivity contribution in [2.24, 2.45) is 5.92 Å². The second kappa shape index (κ2) is 7.57. The first-order chi connectivity index (χ1) is 11.7. The van der Waals surface area contributed by atoms with Gasteiger partial charge in [0.15, 0.2) is 0 Å². The Kier molecular flexibility index (Phi) is 5.25. The second-order valence-corrected chi connectivity index (χ2v) is 6.35. The van der Waals surface area contributed by atoms with Gasteiger partial charge in [0.1, 0.15) is 5.69 Å². The summed E-state index contributed by atoms with van der Waals surface area (Å²) in [4.78, 5) is 14.9. The minimum absolute atomic E-state index is 0.0431. The Morgan fingerprint density at radius 1 is 1.29 bits per heavy atom. The van der Waals surface area contributed by atoms with Crippen LogP contribution >= 0.6 is 0 Å². The van der Waals surface area contributed by atoms with Crippen LogP contribution in [0.25, 0.3) is 5.69 Å². The zero-order chi connectivity index (χ0) is 16.9. The van der Waals surface area contributed by atoms with Crippen LogP contribution in [0.4, 0.5) is 0 Å². The molecular weight excluding hydrogens is 304 g/mol. The number of benzene rings is 1. The molecule has 3 rings (SSSR count). The van der Waals surface area contributed by atoms with Crippen molar-refractivity contribution in [1.29, 1.82) is 0 Å². The number of amides is 1. The lowest BCUT2D eigenvalue weighted by Gasteiger charge is -2.32. The highest BCUT2D eigenvalue weighted by atomic mass is 16.3. The van der Waals surface area contributed by atoms with Gasteiger partial charge < -0.3 is 10.0 Å². The van der Waals surface area contributed by atoms with E-state index in [0.29, 0.717) is 16.9 Å². The number of rotatable bonds is 5. The molecule has 0 saturated carbocycles. The molecule has 1 saturated heterocycles. The average Bonchev–Trinajstić information content (AvgIpc) is 3.11. The molecule has 1 aliphatic heterocycles. The monoisotopic (exact) mass is 328 g/mol. The zero-order valence-electron chi connectivity index (χ0n) is 14.1. The summed E-state index contributed by atoms with van der Waals surface area (Å²) in [6.07, 6.45) is 6.28. The van der Waals surface area contributed by atoms with Crippen molar-refractivity contribution < 1.29 is 9.90 Å². The van der Waals surface area contributed by atoms with E-state index in [1.807, 2.05) is 29.2 Å². The minimum atomic E-state index is -0.166. The largest absolute Gasteiger partial charge is 0.390 e. The fraction of sp³-hybridized carbons (Fsp3) is 0.500. The van der Waals surface area contributed by atoms with Crippen molar-refractivity contribution in [2.75, 3.05) is 13.1 Å². The fourth-order valence-electron chi connectivity index (χ4n) is 3.35. The molecule has 0 aliphatic carbocycles. The lowest BCUT2D eigenvalue weighted by molar-refractivity contribution is 0.0686. The van der Waals surface area contributed by atoms with E-state index in [-0.39, 0.29) is 12.5 Å². The summed E-state index contributed by atoms with van der Waals surface area (Å²) >= 11 is 0. The van der Waals surface area contributed by atoms with Crippen molar-refractivity contribution in [3.8, 4) is 5.69 Å². The van der Waals surface area contributed by atoms with Crippen LogP contribution in [0.5, 0.6) is 0 Å². The maximum Gasteiger partial charge on any atom is 0.256 e. The number of para-hydroxylation sites is 1. The number of nitrogens with zero attached hydrogens (tertiary/aromatic N) is 4. The van der Waals surface area contributed by atoms with Crippen LogP contribution in [0, 0.1) is 5.92 Å². The number of carbonyl (C=O) groups excluding carboxylic acids is 1. The maximum atomic E-state index is 12.9. The third kappa shape index (κ3) is 3.48. The first kappa shape index (κ1) is 16.6. The summed E-state index contributed by atoms with van der Waals surface area (Å²) in [7, 11) is 0. The number of hydrogen-bond donors (Lipinski definition) is 1. The van der Waals surface area contributed by atoms with E-state index in [1.54, 1.807) is 10.9 Å². The van der Waals surface area contributed by atoms with Gasteiger partial charge in [-0.15, -0.1) is 5.10 Å². The van der Waals surface area contributed by atoms with E-state index in [4.69, 9.17) is 5.11 Å². The molecule has 1 aromatic heterocycles. The van der Waals surface area contributed by atoms with Crippen molar-refractivity contribution in [2.45, 2.75) is 39.2 Å². The van der Waals surface area contributed by atoms with E-state index >= 15 is 0 Å². The number of piperidine rings is 1. The molecule has 1 amide bonds. The summed E-state index contributed by atoms with van der Waals surface area (Å²) in [6.45, 7) is 3.68. The molecular formula is C18H24N4O2. The highest BCUT2D eigenvalue weighted by molar-refractivity contribution is 5.97. The van der Waals surface area contributed by atoms with Gasteiger partial charge in [0.25, 0.3) is 5.91 Å². The molecule has 0 spiro atoms. The number of aliphatic hydroxyl groups excluding tert-OH is 1. The SMILES string of the molecule is CCCC1CCN(C(=O)c2ccccc2-n2cc(CO)nn2)CC1. The predicted molar refractivity (Wildman–Crippen MR) is 90.8 cm³/mol. The average molecular weight is 328 g/mol. The molecule has 0 atom stereocenters. The molecule has 6 heteroatoms. The first-order valence-electron chi connectivity index (χ1n) is 8.63. The minimum Gasteiger partial charge on any atom is -0.390 e. The first-order valence-corrected chi connectivity index (χ1v) is 8.63. The van der Waals surface area contributed by atoms with Crippen molar-refractivity contribution in [1.82, 2.24) is 19.9 Å². The predicted octanol–water partition coefficient (Wildman–Crippen LogP) is 2.41. The summed E-state index contributed by atoms with van der Waals surface area (Å²) in [6, 6.07) is 7.42. The molecule has 2 aromatic rings. The molecule has 24 heavy (non-hydrogen) atoms. The third-order valence-corrected chi connectivity index (χ3v) is 4.68. The Hall–Kier alpha value is -2.21. The van der Waals surface area contributed by atoms with Crippen LogP contribution in [0.3, 0.4) is 0 Å². The molecule has 1 N–H and O–H groups in total. The highest BCUT2D eigenvalue weighted by Crippen LogP contribution is 2.24. The van der Waals surface area contributed by atoms with Gasteiger partial charge in [-0.2, -0.15) is 0 Å². The van der Waals surface area contributed by atoms with Crippen molar-refractivity contribution in [3.05, 3.63) is 41.7 Å². The lowest BCUT2D eigenvalue weighted by atomic mass is 9.92. The van der Waals surface area contributed by atoms with Gasteiger partial charge in [0, 0.05) is 13.1 Å². The topological polar surface area (TPSA) is 71.2 Å². The van der Waals surface area contributed by atoms with E-state index in [2.05, 4.69) is 17.2 Å². The molecule has 0 unspecified atom stereocenters. The van der Waals surface area contributed by atoms with Crippen molar-refractivity contribution in [3.63, 3.8) is 0 Å². The standard InChI is InChI=1S/C18H24N4O2/c1-2-5-14-8-10-21(11-9-14)18(24)16-6-3-4-7-17(16)22-12-15(13-23)19-20-22/h3-4,6-7,12,14,23H,2,5,8-11,13H2,1H3. The Balaban J connectivity index is 1.78. The molecule has 0 bridgehead atoms. The van der Waals surface area contributed by atoms with E-state index < -0.39 is 0 Å². The van der Waals surface area contributed by atoms with Crippen LogP contribution in [-0.4, -0.2) is 44.0 Å². The van der Waals surface area contributed by atoms with Gasteiger partial charge in [-0.25, -0.2) is 4.68 Å². The van der Waals surface area contributed by atoms with Gasteiger partial charge in [0.2, 0.25) is 0 Å². The number of aliphatic hydroxyl groups is 1. The molecule has 0 radical (unpaired) electrons. The van der Waals surface area contributed by atoms with Crippen LogP contribution in [0.1, 0.15) is 48.7 Å². The van der Waals surface area contributed by atoms with Crippen LogP contribution < -0.4 is 0 Å². The Bertz CT molecular complexity index is 690. The summed E-state index contributed by atoms with van der Waals surface area (Å²) in [5, 5.41) is 17.1. The summed E-state index contributed by atoms with van der Waals surface area (Å²) < 4.78 is 1.56. The van der Waals surface area contributed by atoms with Crippen LogP contribution in [0.15, 0.2) is 30.5 Å². The van der Waals surface area contributed by atoms with E-state index in [1.165, 1.54) is 12.8 Å². The van der Waals surface area contributed by atoms with Gasteiger partial charge in [-0.3, -0.25) is 4.79 Å². The van der Waals surface area contributed by atoms with Gasteiger partial charge in [0.05, 0.1) is 24.1 Å². The van der Waals surface area contributed by atoms with Crippen LogP contribution in [0.2, 0.25) is 0 Å². The summed E-state index contributed by atoms with van der Waals surface area (Å²) in [5.74, 6) is 0.790. The number of carbonyl (C=O) groups is 1. The molecule has 1 aromatic carbocycles. The second-order valence-electron chi connectivity index (χ2n) is 6.35. The molecule has 1 fully saturated rings. The van der Waals surface area contributed by atoms with E-state index in [9.17, 15) is 4.79 Å². The summed E-state index contributed by atoms with van der Waals surface area (Å²) in [5.41, 5.74) is 1.81. The smallest absolute Gasteiger partial charge is 0.256 e. The lowest BCUT2D eigenvalue weighted by Crippen LogP contribution is -2.38. The Labute approximate surface area is 142 Å². The normalized spacial score (nSPS) is 15.7. The Morgan fingerprint density at radius 2 is 2.04 bits per heavy atom. The van der Waals surface area contributed by atoms with Gasteiger partial charge in [-0.05, 0) is 30.9 Å². The fourth-order valence-corrected chi connectivity index (χ4v) is 3.35. The quantitative estimate of drug-likeness (QED) is 0.915. The third-order valence-electron chi connectivity index (χ3n) is 4.68. The molecule has 1 aliphatic rings. The number of aromatic nitrogens is 3. The van der Waals surface area contributed by atoms with Gasteiger partial charge >= 0.3 is 0 Å². The van der Waals surface area contributed by atoms with Crippen LogP contribution in [-0.2, 0) is 6.61 Å². The molecule has 6 nitrogen and oxygen atoms in total. The van der Waals surface area contributed by atoms with Crippen molar-refractivity contribution >= 4 is 5.91 Å². The Morgan fingerprint density at radius 3 is 2.71 bits per heavy atom. The highest BCUT2D eigenvalue weighted by Gasteiger charge is 2.25. The number of hydrogen-bond acceptors (Lipinski definition) is 4. The zero-order valence-corrected chi connectivity index (χ0v) is 14.1. The molecule has 2 heterocycles. The maximum absolute atomic E-state index is 12.9. The van der Waals surface area contributed by atoms with Gasteiger partial charge in [-0.1, -0.05) is 37.1 Å². The number of likely N-dealkylation sites (tertiary alicyclic amines) is 1.